The van der Waals surface area contributed by atoms with Gasteiger partial charge in [-0.3, -0.25) is 4.90 Å². The molecule has 23 heavy (non-hydrogen) atoms. The van der Waals surface area contributed by atoms with E-state index in [0.717, 1.165) is 36.2 Å². The Kier molecular flexibility index (Phi) is 2.83. The van der Waals surface area contributed by atoms with Crippen LogP contribution in [0.25, 0.3) is 0 Å². The minimum Gasteiger partial charge on any atom is -0.385 e. The van der Waals surface area contributed by atoms with Crippen molar-refractivity contribution in [2.45, 2.75) is 70.1 Å². The average Bonchev–Trinajstić information content (AvgIpc) is 2.94. The molecule has 5 heteroatoms. The Labute approximate surface area is 142 Å². The van der Waals surface area contributed by atoms with Gasteiger partial charge in [-0.15, -0.1) is 0 Å². The molecule has 3 fully saturated rings. The van der Waals surface area contributed by atoms with Crippen LogP contribution in [0.5, 0.6) is 0 Å². The van der Waals surface area contributed by atoms with E-state index >= 15 is 0 Å². The highest BCUT2D eigenvalue weighted by molar-refractivity contribution is 6.29. The van der Waals surface area contributed by atoms with E-state index in [2.05, 4.69) is 35.4 Å². The molecule has 4 nitrogen and oxygen atoms in total. The molecule has 6 unspecified atom stereocenters. The minimum atomic E-state index is 0.0192. The maximum absolute atomic E-state index is 6.37. The van der Waals surface area contributed by atoms with Crippen molar-refractivity contribution in [1.29, 1.82) is 0 Å². The third kappa shape index (κ3) is 1.69. The second kappa shape index (κ2) is 4.54. The van der Waals surface area contributed by atoms with Crippen LogP contribution in [-0.2, 0) is 0 Å². The zero-order valence-electron chi connectivity index (χ0n) is 13.8. The first-order valence-electron chi connectivity index (χ1n) is 8.92. The number of hydrogen-bond donors (Lipinski definition) is 2. The van der Waals surface area contributed by atoms with E-state index < -0.39 is 0 Å². The molecule has 0 radical (unpaired) electrons. The summed E-state index contributed by atoms with van der Waals surface area (Å²) in [4.78, 5) is 2.77. The first kappa shape index (κ1) is 14.4. The Morgan fingerprint density at radius 3 is 3.00 bits per heavy atom. The number of hydrogen-bond acceptors (Lipinski definition) is 4. The van der Waals surface area contributed by atoms with Crippen LogP contribution in [0.1, 0.15) is 46.0 Å². The van der Waals surface area contributed by atoms with E-state index in [9.17, 15) is 0 Å². The van der Waals surface area contributed by atoms with Crippen LogP contribution < -0.4 is 11.2 Å². The molecule has 6 atom stereocenters. The van der Waals surface area contributed by atoms with Gasteiger partial charge in [0.1, 0.15) is 5.84 Å². The van der Waals surface area contributed by atoms with Crippen LogP contribution >= 0.6 is 11.6 Å². The topological polar surface area (TPSA) is 53.6 Å². The molecule has 1 aliphatic carbocycles. The number of halogens is 1. The lowest BCUT2D eigenvalue weighted by Gasteiger charge is -2.59. The van der Waals surface area contributed by atoms with Gasteiger partial charge in [0, 0.05) is 29.1 Å². The van der Waals surface area contributed by atoms with Crippen LogP contribution in [0.3, 0.4) is 0 Å². The summed E-state index contributed by atoms with van der Waals surface area (Å²) in [5.74, 6) is 1.44. The molecule has 5 aliphatic rings. The van der Waals surface area contributed by atoms with Crippen LogP contribution in [0.15, 0.2) is 27.4 Å². The number of nitrogens with zero attached hydrogens (tertiary/aromatic N) is 2. The van der Waals surface area contributed by atoms with Crippen molar-refractivity contribution in [3.05, 3.63) is 22.3 Å². The molecule has 3 saturated heterocycles. The van der Waals surface area contributed by atoms with Gasteiger partial charge in [0.05, 0.1) is 11.5 Å². The molecule has 3 N–H and O–H groups in total. The molecule has 0 aromatic carbocycles. The second-order valence-corrected chi connectivity index (χ2v) is 8.77. The summed E-state index contributed by atoms with van der Waals surface area (Å²) in [5, 5.41) is 5.42. The van der Waals surface area contributed by atoms with Gasteiger partial charge in [-0.25, -0.2) is 0 Å². The lowest BCUT2D eigenvalue weighted by Crippen LogP contribution is -2.72. The lowest BCUT2D eigenvalue weighted by molar-refractivity contribution is -0.0803. The number of nitrogens with two attached hydrogens (primary N) is 1. The number of rotatable bonds is 1. The van der Waals surface area contributed by atoms with E-state index in [-0.39, 0.29) is 5.41 Å². The fourth-order valence-electron chi connectivity index (χ4n) is 5.93. The van der Waals surface area contributed by atoms with Crippen molar-refractivity contribution in [3.63, 3.8) is 0 Å². The largest absolute Gasteiger partial charge is 0.385 e. The summed E-state index contributed by atoms with van der Waals surface area (Å²) in [6.45, 7) is 4.60. The van der Waals surface area contributed by atoms with E-state index in [1.165, 1.54) is 18.4 Å². The van der Waals surface area contributed by atoms with Gasteiger partial charge >= 0.3 is 0 Å². The highest BCUT2D eigenvalue weighted by atomic mass is 35.5. The maximum atomic E-state index is 6.37. The van der Waals surface area contributed by atoms with Crippen molar-refractivity contribution < 1.29 is 0 Å². The van der Waals surface area contributed by atoms with Gasteiger partial charge in [-0.2, -0.15) is 5.10 Å². The van der Waals surface area contributed by atoms with Gasteiger partial charge in [0.25, 0.3) is 0 Å². The standard InChI is InChI=1S/C18H25ClN4/c1-9-3-4-10(19)5-12(9)13-6-11-7-16-18(2)15(21-22-17(18)20)8-14(13)23(11)16/h5,11,13-16,21H,3-4,6-8H2,1-2H3,(H2,20,22). The zero-order chi connectivity index (χ0) is 15.9. The smallest absolute Gasteiger partial charge is 0.129 e. The highest BCUT2D eigenvalue weighted by Crippen LogP contribution is 2.58. The normalized spacial score (nSPS) is 48.2. The minimum absolute atomic E-state index is 0.0192. The van der Waals surface area contributed by atoms with E-state index in [1.54, 1.807) is 5.57 Å². The van der Waals surface area contributed by atoms with Crippen LogP contribution in [0.4, 0.5) is 0 Å². The van der Waals surface area contributed by atoms with Crippen molar-refractivity contribution in [2.75, 3.05) is 0 Å². The number of fused-ring (bicyclic) bond motifs is 2. The first-order valence-corrected chi connectivity index (χ1v) is 9.30. The fraction of sp³-hybridized carbons (Fsp3) is 0.722. The molecular weight excluding hydrogens is 308 g/mol. The maximum Gasteiger partial charge on any atom is 0.129 e. The van der Waals surface area contributed by atoms with Gasteiger partial charge in [-0.1, -0.05) is 17.2 Å². The molecule has 0 spiro atoms. The van der Waals surface area contributed by atoms with E-state index in [0.29, 0.717) is 24.0 Å². The molecular formula is C18H25ClN4. The molecule has 124 valence electrons. The number of allylic oxidation sites excluding steroid dienone is 3. The van der Waals surface area contributed by atoms with Crippen molar-refractivity contribution in [2.24, 2.45) is 22.2 Å². The Morgan fingerprint density at radius 2 is 2.17 bits per heavy atom. The summed E-state index contributed by atoms with van der Waals surface area (Å²) in [6, 6.07) is 2.30. The predicted octanol–water partition coefficient (Wildman–Crippen LogP) is 2.70. The van der Waals surface area contributed by atoms with Crippen LogP contribution in [0, 0.1) is 11.3 Å². The number of piperidine rings is 1. The quantitative estimate of drug-likeness (QED) is 0.776. The van der Waals surface area contributed by atoms with Crippen LogP contribution in [0.2, 0.25) is 0 Å². The summed E-state index contributed by atoms with van der Waals surface area (Å²) in [7, 11) is 0. The Hall–Kier alpha value is -1.00. The highest BCUT2D eigenvalue weighted by Gasteiger charge is 2.66. The number of nitrogens with one attached hydrogen (secondary N) is 1. The van der Waals surface area contributed by atoms with Crippen molar-refractivity contribution in [3.8, 4) is 0 Å². The number of hydrazone groups is 1. The Morgan fingerprint density at radius 1 is 1.35 bits per heavy atom. The summed E-state index contributed by atoms with van der Waals surface area (Å²) >= 11 is 6.37. The monoisotopic (exact) mass is 332 g/mol. The molecule has 0 aromatic heterocycles. The number of amidine groups is 1. The van der Waals surface area contributed by atoms with Gasteiger partial charge in [0.15, 0.2) is 0 Å². The third-order valence-electron chi connectivity index (χ3n) is 7.38. The van der Waals surface area contributed by atoms with E-state index in [1.807, 2.05) is 0 Å². The summed E-state index contributed by atoms with van der Waals surface area (Å²) in [5.41, 5.74) is 12.7. The summed E-state index contributed by atoms with van der Waals surface area (Å²) < 4.78 is 0. The van der Waals surface area contributed by atoms with Crippen molar-refractivity contribution >= 4 is 17.4 Å². The molecule has 4 aliphatic heterocycles. The molecule has 4 heterocycles. The Bertz CT molecular complexity index is 666. The third-order valence-corrected chi connectivity index (χ3v) is 7.68. The SMILES string of the molecule is CC1=C(C2CC3CC4N3C2CC2NN=C(N)C24C)C=C(Cl)CC1. The van der Waals surface area contributed by atoms with Crippen molar-refractivity contribution in [1.82, 2.24) is 10.3 Å². The molecule has 5 rings (SSSR count). The van der Waals surface area contributed by atoms with Gasteiger partial charge in [-0.05, 0) is 57.6 Å². The van der Waals surface area contributed by atoms with E-state index in [4.69, 9.17) is 17.3 Å². The average molecular weight is 333 g/mol. The predicted molar refractivity (Wildman–Crippen MR) is 93.1 cm³/mol. The molecule has 0 saturated carbocycles. The zero-order valence-corrected chi connectivity index (χ0v) is 14.6. The second-order valence-electron chi connectivity index (χ2n) is 8.29. The van der Waals surface area contributed by atoms with Gasteiger partial charge < -0.3 is 11.2 Å². The fourth-order valence-corrected chi connectivity index (χ4v) is 6.14. The lowest BCUT2D eigenvalue weighted by atomic mass is 9.64. The molecule has 0 amide bonds. The summed E-state index contributed by atoms with van der Waals surface area (Å²) in [6.07, 6.45) is 8.09. The van der Waals surface area contributed by atoms with Gasteiger partial charge in [0.2, 0.25) is 0 Å². The Balaban J connectivity index is 1.50. The first-order chi connectivity index (χ1) is 11.0. The van der Waals surface area contributed by atoms with Crippen LogP contribution in [-0.4, -0.2) is 34.9 Å². The molecule has 0 aromatic rings. The molecule has 0 bridgehead atoms.